The zero-order valence-corrected chi connectivity index (χ0v) is 8.28. The fourth-order valence-electron chi connectivity index (χ4n) is 1.55. The van der Waals surface area contributed by atoms with Gasteiger partial charge in [-0.15, -0.1) is 0 Å². The van der Waals surface area contributed by atoms with E-state index in [1.165, 1.54) is 7.11 Å². The number of carbonyl (C=O) groups is 1. The van der Waals surface area contributed by atoms with Crippen LogP contribution < -0.4 is 5.73 Å². The summed E-state index contributed by atoms with van der Waals surface area (Å²) in [5, 5.41) is 7.53. The van der Waals surface area contributed by atoms with E-state index in [0.29, 0.717) is 17.6 Å². The van der Waals surface area contributed by atoms with Crippen molar-refractivity contribution in [2.45, 2.75) is 6.54 Å². The predicted octanol–water partition coefficient (Wildman–Crippen LogP) is 0.808. The monoisotopic (exact) mass is 205 g/mol. The molecule has 0 saturated heterocycles. The summed E-state index contributed by atoms with van der Waals surface area (Å²) in [6.45, 7) is 0.414. The Kier molecular flexibility index (Phi) is 2.39. The SMILES string of the molecule is COC(=O)c1ccc(CN)c2cn[nH]c12. The summed E-state index contributed by atoms with van der Waals surface area (Å²) in [6, 6.07) is 3.50. The summed E-state index contributed by atoms with van der Waals surface area (Å²) in [4.78, 5) is 11.4. The lowest BCUT2D eigenvalue weighted by Crippen LogP contribution is -2.04. The van der Waals surface area contributed by atoms with Gasteiger partial charge >= 0.3 is 5.97 Å². The molecule has 15 heavy (non-hydrogen) atoms. The average molecular weight is 205 g/mol. The number of fused-ring (bicyclic) bond motifs is 1. The fraction of sp³-hybridized carbons (Fsp3) is 0.200. The van der Waals surface area contributed by atoms with Crippen molar-refractivity contribution >= 4 is 16.9 Å². The lowest BCUT2D eigenvalue weighted by molar-refractivity contribution is 0.0603. The number of ether oxygens (including phenoxy) is 1. The van der Waals surface area contributed by atoms with Crippen LogP contribution >= 0.6 is 0 Å². The highest BCUT2D eigenvalue weighted by atomic mass is 16.5. The predicted molar refractivity (Wildman–Crippen MR) is 55.3 cm³/mol. The van der Waals surface area contributed by atoms with E-state index in [2.05, 4.69) is 14.9 Å². The molecule has 2 rings (SSSR count). The summed E-state index contributed by atoms with van der Waals surface area (Å²) in [5.74, 6) is -0.382. The van der Waals surface area contributed by atoms with Crippen molar-refractivity contribution in [3.8, 4) is 0 Å². The molecule has 5 heteroatoms. The number of hydrogen-bond acceptors (Lipinski definition) is 4. The van der Waals surface area contributed by atoms with E-state index in [0.717, 1.165) is 10.9 Å². The summed E-state index contributed by atoms with van der Waals surface area (Å²) in [7, 11) is 1.35. The van der Waals surface area contributed by atoms with Gasteiger partial charge in [0.2, 0.25) is 0 Å². The minimum Gasteiger partial charge on any atom is -0.465 e. The van der Waals surface area contributed by atoms with E-state index >= 15 is 0 Å². The first-order valence-electron chi connectivity index (χ1n) is 4.51. The van der Waals surface area contributed by atoms with Crippen molar-refractivity contribution in [3.63, 3.8) is 0 Å². The van der Waals surface area contributed by atoms with Gasteiger partial charge in [0, 0.05) is 11.9 Å². The summed E-state index contributed by atoms with van der Waals surface area (Å²) >= 11 is 0. The molecule has 0 saturated carbocycles. The van der Waals surface area contributed by atoms with Crippen molar-refractivity contribution in [2.75, 3.05) is 7.11 Å². The zero-order chi connectivity index (χ0) is 10.8. The van der Waals surface area contributed by atoms with E-state index in [1.54, 1.807) is 12.3 Å². The molecule has 2 aromatic rings. The molecule has 0 aliphatic carbocycles. The first-order valence-corrected chi connectivity index (χ1v) is 4.51. The summed E-state index contributed by atoms with van der Waals surface area (Å²) in [6.07, 6.45) is 1.66. The molecule has 1 heterocycles. The maximum atomic E-state index is 11.4. The summed E-state index contributed by atoms with van der Waals surface area (Å²) in [5.41, 5.74) is 7.67. The smallest absolute Gasteiger partial charge is 0.340 e. The second-order valence-electron chi connectivity index (χ2n) is 3.13. The molecule has 1 aromatic carbocycles. The second-order valence-corrected chi connectivity index (χ2v) is 3.13. The molecule has 78 valence electrons. The number of benzene rings is 1. The van der Waals surface area contributed by atoms with Crippen LogP contribution in [0.2, 0.25) is 0 Å². The van der Waals surface area contributed by atoms with Gasteiger partial charge in [-0.05, 0) is 11.6 Å². The number of methoxy groups -OCH3 is 1. The number of aromatic nitrogens is 2. The number of nitrogens with zero attached hydrogens (tertiary/aromatic N) is 1. The number of H-pyrrole nitrogens is 1. The van der Waals surface area contributed by atoms with Crippen LogP contribution in [0.5, 0.6) is 0 Å². The van der Waals surface area contributed by atoms with Gasteiger partial charge in [0.15, 0.2) is 0 Å². The van der Waals surface area contributed by atoms with Crippen LogP contribution in [-0.2, 0) is 11.3 Å². The van der Waals surface area contributed by atoms with Gasteiger partial charge in [0.1, 0.15) is 0 Å². The van der Waals surface area contributed by atoms with Crippen molar-refractivity contribution in [2.24, 2.45) is 5.73 Å². The number of nitrogens with two attached hydrogens (primary N) is 1. The van der Waals surface area contributed by atoms with E-state index < -0.39 is 0 Å². The van der Waals surface area contributed by atoms with Crippen LogP contribution in [0, 0.1) is 0 Å². The van der Waals surface area contributed by atoms with Gasteiger partial charge in [0.05, 0.1) is 24.4 Å². The molecule has 0 unspecified atom stereocenters. The van der Waals surface area contributed by atoms with Gasteiger partial charge in [-0.1, -0.05) is 6.07 Å². The van der Waals surface area contributed by atoms with E-state index in [-0.39, 0.29) is 5.97 Å². The Bertz CT molecular complexity index is 504. The Morgan fingerprint density at radius 3 is 3.07 bits per heavy atom. The van der Waals surface area contributed by atoms with E-state index in [4.69, 9.17) is 5.73 Å². The number of aromatic amines is 1. The van der Waals surface area contributed by atoms with Gasteiger partial charge in [0.25, 0.3) is 0 Å². The molecule has 0 spiro atoms. The highest BCUT2D eigenvalue weighted by Crippen LogP contribution is 2.20. The Hall–Kier alpha value is -1.88. The van der Waals surface area contributed by atoms with Crippen molar-refractivity contribution in [1.82, 2.24) is 10.2 Å². The molecular formula is C10H11N3O2. The van der Waals surface area contributed by atoms with Crippen LogP contribution in [0.3, 0.4) is 0 Å². The van der Waals surface area contributed by atoms with E-state index in [9.17, 15) is 4.79 Å². The highest BCUT2D eigenvalue weighted by Gasteiger charge is 2.13. The fourth-order valence-corrected chi connectivity index (χ4v) is 1.55. The largest absolute Gasteiger partial charge is 0.465 e. The van der Waals surface area contributed by atoms with Crippen LogP contribution in [-0.4, -0.2) is 23.3 Å². The lowest BCUT2D eigenvalue weighted by atomic mass is 10.1. The van der Waals surface area contributed by atoms with Gasteiger partial charge in [-0.3, -0.25) is 5.10 Å². The summed E-state index contributed by atoms with van der Waals surface area (Å²) < 4.78 is 4.67. The number of nitrogens with one attached hydrogen (secondary N) is 1. The molecule has 0 aliphatic heterocycles. The molecule has 3 N–H and O–H groups in total. The second kappa shape index (κ2) is 3.70. The third-order valence-corrected chi connectivity index (χ3v) is 2.33. The van der Waals surface area contributed by atoms with Crippen molar-refractivity contribution < 1.29 is 9.53 Å². The molecule has 0 aliphatic rings. The average Bonchev–Trinajstić information content (AvgIpc) is 2.75. The molecule has 5 nitrogen and oxygen atoms in total. The number of esters is 1. The Morgan fingerprint density at radius 1 is 1.60 bits per heavy atom. The molecule has 0 bridgehead atoms. The van der Waals surface area contributed by atoms with Gasteiger partial charge in [-0.25, -0.2) is 4.79 Å². The maximum Gasteiger partial charge on any atom is 0.340 e. The molecular weight excluding hydrogens is 194 g/mol. The third-order valence-electron chi connectivity index (χ3n) is 2.33. The normalized spacial score (nSPS) is 10.5. The standard InChI is InChI=1S/C10H11N3O2/c1-15-10(14)7-3-2-6(4-11)8-5-12-13-9(7)8/h2-3,5H,4,11H2,1H3,(H,12,13). The van der Waals surface area contributed by atoms with Crippen LogP contribution in [0.25, 0.3) is 10.9 Å². The number of hydrogen-bond donors (Lipinski definition) is 2. The highest BCUT2D eigenvalue weighted by molar-refractivity contribution is 6.03. The number of carbonyl (C=O) groups excluding carboxylic acids is 1. The quantitative estimate of drug-likeness (QED) is 0.711. The van der Waals surface area contributed by atoms with Crippen molar-refractivity contribution in [1.29, 1.82) is 0 Å². The minimum atomic E-state index is -0.382. The Morgan fingerprint density at radius 2 is 2.40 bits per heavy atom. The Labute approximate surface area is 86.2 Å². The topological polar surface area (TPSA) is 81.0 Å². The maximum absolute atomic E-state index is 11.4. The lowest BCUT2D eigenvalue weighted by Gasteiger charge is -2.03. The van der Waals surface area contributed by atoms with Crippen LogP contribution in [0.15, 0.2) is 18.3 Å². The van der Waals surface area contributed by atoms with Crippen LogP contribution in [0.4, 0.5) is 0 Å². The molecule has 0 amide bonds. The molecule has 1 aromatic heterocycles. The Balaban J connectivity index is 2.68. The molecule has 0 atom stereocenters. The first kappa shape index (κ1) is 9.67. The minimum absolute atomic E-state index is 0.382. The van der Waals surface area contributed by atoms with Gasteiger partial charge < -0.3 is 10.5 Å². The first-order chi connectivity index (χ1) is 7.27. The van der Waals surface area contributed by atoms with Gasteiger partial charge in [-0.2, -0.15) is 5.10 Å². The third kappa shape index (κ3) is 1.46. The molecule has 0 radical (unpaired) electrons. The molecule has 0 fully saturated rings. The van der Waals surface area contributed by atoms with Crippen molar-refractivity contribution in [3.05, 3.63) is 29.5 Å². The van der Waals surface area contributed by atoms with E-state index in [1.807, 2.05) is 6.07 Å². The van der Waals surface area contributed by atoms with Crippen LogP contribution in [0.1, 0.15) is 15.9 Å². The zero-order valence-electron chi connectivity index (χ0n) is 8.28. The number of rotatable bonds is 2.